The van der Waals surface area contributed by atoms with Gasteiger partial charge in [0.15, 0.2) is 0 Å². The van der Waals surface area contributed by atoms with Crippen LogP contribution in [0.4, 0.5) is 0 Å². The molecule has 7 heteroatoms. The number of nitrogens with zero attached hydrogens (tertiary/aromatic N) is 2. The predicted octanol–water partition coefficient (Wildman–Crippen LogP) is 2.62. The van der Waals surface area contributed by atoms with Crippen LogP contribution in [-0.4, -0.2) is 52.8 Å². The number of thiophene rings is 1. The van der Waals surface area contributed by atoms with Gasteiger partial charge in [-0.3, -0.25) is 9.59 Å². The van der Waals surface area contributed by atoms with Crippen LogP contribution in [0.25, 0.3) is 10.1 Å². The molecule has 0 spiro atoms. The number of hydrogen-bond acceptors (Lipinski definition) is 4. The van der Waals surface area contributed by atoms with Crippen molar-refractivity contribution in [2.75, 3.05) is 13.1 Å². The molecular formula is C19H20ClN3O2S. The van der Waals surface area contributed by atoms with Crippen LogP contribution in [0.2, 0.25) is 5.02 Å². The van der Waals surface area contributed by atoms with Gasteiger partial charge in [0.25, 0.3) is 0 Å². The van der Waals surface area contributed by atoms with E-state index in [1.165, 1.54) is 4.70 Å². The first-order valence-electron chi connectivity index (χ1n) is 9.14. The number of carbonyl (C=O) groups is 2. The van der Waals surface area contributed by atoms with Crippen molar-refractivity contribution in [1.82, 2.24) is 15.1 Å². The zero-order valence-electron chi connectivity index (χ0n) is 14.3. The van der Waals surface area contributed by atoms with Crippen LogP contribution >= 0.6 is 22.9 Å². The molecule has 1 aromatic carbocycles. The number of halogens is 1. The highest BCUT2D eigenvalue weighted by Crippen LogP contribution is 2.36. The number of carbonyl (C=O) groups excluding carboxylic acids is 2. The van der Waals surface area contributed by atoms with E-state index in [0.29, 0.717) is 19.5 Å². The molecular weight excluding hydrogens is 370 g/mol. The van der Waals surface area contributed by atoms with Gasteiger partial charge in [-0.1, -0.05) is 29.8 Å². The molecule has 3 atom stereocenters. The molecule has 5 rings (SSSR count). The molecule has 3 aliphatic rings. The molecule has 4 heterocycles. The summed E-state index contributed by atoms with van der Waals surface area (Å²) in [6.45, 7) is 2.01. The normalized spacial score (nSPS) is 28.1. The molecule has 2 aromatic rings. The summed E-state index contributed by atoms with van der Waals surface area (Å²) >= 11 is 8.22. The van der Waals surface area contributed by atoms with Crippen molar-refractivity contribution in [3.05, 3.63) is 34.2 Å². The maximum Gasteiger partial charge on any atom is 0.246 e. The Morgan fingerprint density at radius 3 is 2.81 bits per heavy atom. The highest BCUT2D eigenvalue weighted by molar-refractivity contribution is 7.19. The van der Waals surface area contributed by atoms with Crippen LogP contribution in [0.5, 0.6) is 0 Å². The average molecular weight is 390 g/mol. The summed E-state index contributed by atoms with van der Waals surface area (Å²) in [6, 6.07) is 7.77. The van der Waals surface area contributed by atoms with Crippen molar-refractivity contribution >= 4 is 44.8 Å². The molecule has 3 saturated heterocycles. The van der Waals surface area contributed by atoms with E-state index < -0.39 is 0 Å². The minimum atomic E-state index is -0.285. The summed E-state index contributed by atoms with van der Waals surface area (Å²) in [5, 5.41) is 5.42. The molecule has 3 fully saturated rings. The molecule has 0 unspecified atom stereocenters. The number of hydrogen-bond donors (Lipinski definition) is 1. The second kappa shape index (κ2) is 6.22. The van der Waals surface area contributed by atoms with E-state index >= 15 is 0 Å². The topological polar surface area (TPSA) is 52.7 Å². The lowest BCUT2D eigenvalue weighted by molar-refractivity contribution is -0.156. The quantitative estimate of drug-likeness (QED) is 0.877. The van der Waals surface area contributed by atoms with Crippen LogP contribution in [0.3, 0.4) is 0 Å². The van der Waals surface area contributed by atoms with E-state index in [-0.39, 0.29) is 29.9 Å². The molecule has 1 aromatic heterocycles. The molecule has 136 valence electrons. The van der Waals surface area contributed by atoms with Crippen LogP contribution in [0.15, 0.2) is 24.3 Å². The number of nitrogens with one attached hydrogen (secondary N) is 1. The van der Waals surface area contributed by atoms with E-state index in [4.69, 9.17) is 11.6 Å². The zero-order chi connectivity index (χ0) is 17.8. The Morgan fingerprint density at radius 1 is 1.15 bits per heavy atom. The smallest absolute Gasteiger partial charge is 0.246 e. The summed E-state index contributed by atoms with van der Waals surface area (Å²) in [7, 11) is 0. The van der Waals surface area contributed by atoms with Crippen molar-refractivity contribution in [3.63, 3.8) is 0 Å². The number of piperazine rings is 1. The molecule has 0 radical (unpaired) electrons. The molecule has 0 bridgehead atoms. The van der Waals surface area contributed by atoms with Gasteiger partial charge in [-0.05, 0) is 25.3 Å². The van der Waals surface area contributed by atoms with E-state index in [1.54, 1.807) is 21.1 Å². The van der Waals surface area contributed by atoms with Gasteiger partial charge in [-0.25, -0.2) is 0 Å². The molecule has 0 aliphatic carbocycles. The van der Waals surface area contributed by atoms with E-state index in [0.717, 1.165) is 34.7 Å². The van der Waals surface area contributed by atoms with Crippen molar-refractivity contribution in [2.45, 2.75) is 43.9 Å². The van der Waals surface area contributed by atoms with Gasteiger partial charge in [0, 0.05) is 40.6 Å². The fourth-order valence-corrected chi connectivity index (χ4v) is 6.00. The summed E-state index contributed by atoms with van der Waals surface area (Å²) in [5.74, 6) is 0.271. The minimum absolute atomic E-state index is 0.134. The first-order valence-corrected chi connectivity index (χ1v) is 10.3. The molecule has 0 saturated carbocycles. The van der Waals surface area contributed by atoms with Crippen LogP contribution in [-0.2, 0) is 16.1 Å². The second-order valence-corrected chi connectivity index (χ2v) is 8.86. The van der Waals surface area contributed by atoms with Gasteiger partial charge >= 0.3 is 0 Å². The van der Waals surface area contributed by atoms with Crippen molar-refractivity contribution in [1.29, 1.82) is 0 Å². The maximum absolute atomic E-state index is 12.7. The predicted molar refractivity (Wildman–Crippen MR) is 102 cm³/mol. The SMILES string of the molecule is O=C1[C@@H]2C[C@H](NCc3sc4ccccc4c3Cl)CN2C(=O)[C@@H]2CCCN12. The van der Waals surface area contributed by atoms with Gasteiger partial charge in [-0.15, -0.1) is 11.3 Å². The molecule has 1 N–H and O–H groups in total. The van der Waals surface area contributed by atoms with Gasteiger partial charge in [0.2, 0.25) is 11.8 Å². The monoisotopic (exact) mass is 389 g/mol. The fraction of sp³-hybridized carbons (Fsp3) is 0.474. The number of rotatable bonds is 3. The summed E-state index contributed by atoms with van der Waals surface area (Å²) in [5.41, 5.74) is 0. The Labute approximate surface area is 160 Å². The minimum Gasteiger partial charge on any atom is -0.329 e. The third kappa shape index (κ3) is 2.47. The maximum atomic E-state index is 12.7. The third-order valence-corrected chi connectivity index (χ3v) is 7.56. The van der Waals surface area contributed by atoms with Gasteiger partial charge in [0.05, 0.1) is 5.02 Å². The zero-order valence-corrected chi connectivity index (χ0v) is 15.9. The highest BCUT2D eigenvalue weighted by atomic mass is 35.5. The van der Waals surface area contributed by atoms with Crippen molar-refractivity contribution in [2.24, 2.45) is 0 Å². The summed E-state index contributed by atoms with van der Waals surface area (Å²) in [6.07, 6.45) is 2.44. The lowest BCUT2D eigenvalue weighted by Crippen LogP contribution is -2.60. The van der Waals surface area contributed by atoms with Gasteiger partial charge < -0.3 is 15.1 Å². The molecule has 26 heavy (non-hydrogen) atoms. The van der Waals surface area contributed by atoms with Gasteiger partial charge in [0.1, 0.15) is 12.1 Å². The Kier molecular flexibility index (Phi) is 3.95. The number of benzene rings is 1. The Bertz CT molecular complexity index is 868. The van der Waals surface area contributed by atoms with Gasteiger partial charge in [-0.2, -0.15) is 0 Å². The van der Waals surface area contributed by atoms with Crippen molar-refractivity contribution in [3.8, 4) is 0 Å². The first kappa shape index (κ1) is 16.5. The summed E-state index contributed by atoms with van der Waals surface area (Å²) in [4.78, 5) is 30.1. The lowest BCUT2D eigenvalue weighted by atomic mass is 10.1. The molecule has 2 amide bonds. The average Bonchev–Trinajstić information content (AvgIpc) is 3.36. The Balaban J connectivity index is 1.30. The van der Waals surface area contributed by atoms with E-state index in [9.17, 15) is 9.59 Å². The van der Waals surface area contributed by atoms with E-state index in [2.05, 4.69) is 11.4 Å². The Morgan fingerprint density at radius 2 is 1.96 bits per heavy atom. The first-order chi connectivity index (χ1) is 12.6. The molecule has 3 aliphatic heterocycles. The Hall–Kier alpha value is -1.63. The standard InChI is InChI=1S/C19H20ClN3O2S/c20-17-12-4-1-2-6-15(12)26-16(17)9-21-11-8-14-19(25)22-7-3-5-13(22)18(24)23(14)10-11/h1-2,4,6,11,13-14,21H,3,5,7-10H2/t11-,13-,14-/m0/s1. The van der Waals surface area contributed by atoms with Crippen molar-refractivity contribution < 1.29 is 9.59 Å². The third-order valence-electron chi connectivity index (χ3n) is 5.84. The number of amides is 2. The fourth-order valence-electron chi connectivity index (χ4n) is 4.55. The second-order valence-electron chi connectivity index (χ2n) is 7.34. The molecule has 5 nitrogen and oxygen atoms in total. The summed E-state index contributed by atoms with van der Waals surface area (Å²) < 4.78 is 1.18. The largest absolute Gasteiger partial charge is 0.329 e. The number of fused-ring (bicyclic) bond motifs is 3. The highest BCUT2D eigenvalue weighted by Gasteiger charge is 2.51. The van der Waals surface area contributed by atoms with Crippen LogP contribution in [0, 0.1) is 0 Å². The van der Waals surface area contributed by atoms with Crippen LogP contribution < -0.4 is 5.32 Å². The van der Waals surface area contributed by atoms with Crippen LogP contribution in [0.1, 0.15) is 24.1 Å². The van der Waals surface area contributed by atoms with E-state index in [1.807, 2.05) is 18.2 Å². The lowest BCUT2D eigenvalue weighted by Gasteiger charge is -2.38.